The summed E-state index contributed by atoms with van der Waals surface area (Å²) in [4.78, 5) is 181. The van der Waals surface area contributed by atoms with Gasteiger partial charge in [-0.2, -0.15) is 21.0 Å². The van der Waals surface area contributed by atoms with Gasteiger partial charge in [0, 0.05) is 69.2 Å². The molecule has 0 aliphatic heterocycles. The van der Waals surface area contributed by atoms with Gasteiger partial charge in [0.1, 0.15) is 78.8 Å². The first kappa shape index (κ1) is 148. The SMILES string of the molecule is C/C=C/C(=O)OCCOC(=O)C(C)(C)CC.C=CC(=O)NCCOC(=O)C(C)(C)CC.C=CC(=O)OCCNC(=O)OCCOC(=O)C(C)CC.C=CC(=O)OCCOC(=O)C(C)(CC)OC.C=CC(=O)OCCOC(=O)C(C)CC.CCC(C)C(=O)NCCC#N.CCC(C)C(=O)NCCC#N.CCC(C)C(=O)OC1CC2CC1CC2C#N.CCC(C)C(=O)OCc1ccc(C#N)cc1.[C-]#[N+]C(C)COC(=O)C(C)(C)CC. The van der Waals surface area contributed by atoms with E-state index in [9.17, 15) is 76.7 Å². The summed E-state index contributed by atoms with van der Waals surface area (Å²) in [7, 11) is 1.45. The highest BCUT2D eigenvalue weighted by atomic mass is 16.6. The number of amides is 4. The maximum atomic E-state index is 11.7. The molecule has 2 aliphatic carbocycles. The molecule has 0 saturated heterocycles. The molecular formula is C109H173N9O30. The summed E-state index contributed by atoms with van der Waals surface area (Å²) in [5.41, 5.74) is -0.798. The van der Waals surface area contributed by atoms with E-state index in [1.54, 1.807) is 65.0 Å². The topological polar surface area (TPSA) is 550 Å². The van der Waals surface area contributed by atoms with Gasteiger partial charge in [0.25, 0.3) is 6.04 Å². The van der Waals surface area contributed by atoms with Crippen molar-refractivity contribution in [3.05, 3.63) is 110 Å². The second-order valence-electron chi connectivity index (χ2n) is 35.8. The molecule has 4 amide bonds. The fourth-order valence-electron chi connectivity index (χ4n) is 9.92. The number of benzene rings is 1. The molecule has 0 radical (unpaired) electrons. The quantitative estimate of drug-likeness (QED) is 0.0155. The highest BCUT2D eigenvalue weighted by Crippen LogP contribution is 2.49. The van der Waals surface area contributed by atoms with Crippen LogP contribution in [0.2, 0.25) is 0 Å². The molecule has 39 nitrogen and oxygen atoms in total. The number of rotatable bonds is 53. The van der Waals surface area contributed by atoms with E-state index in [1.165, 1.54) is 19.3 Å². The molecule has 1 aromatic rings. The number of methoxy groups -OCH3 is 1. The lowest BCUT2D eigenvalue weighted by Gasteiger charge is -2.25. The van der Waals surface area contributed by atoms with Gasteiger partial charge < -0.3 is 92.4 Å². The summed E-state index contributed by atoms with van der Waals surface area (Å²) >= 11 is 0. The van der Waals surface area contributed by atoms with Gasteiger partial charge in [0.05, 0.1) is 95.7 Å². The molecule has 4 N–H and O–H groups in total. The number of alkyl carbamates (subject to hydrolysis) is 1. The van der Waals surface area contributed by atoms with Crippen LogP contribution in [0.3, 0.4) is 0 Å². The van der Waals surface area contributed by atoms with E-state index < -0.39 is 57.8 Å². The Balaban J connectivity index is -0.000000300. The van der Waals surface area contributed by atoms with Crippen molar-refractivity contribution in [2.45, 2.75) is 294 Å². The summed E-state index contributed by atoms with van der Waals surface area (Å²) in [6, 6.07) is 15.1. The molecule has 1 aromatic carbocycles. The highest BCUT2D eigenvalue weighted by molar-refractivity contribution is 5.87. The zero-order valence-corrected chi connectivity index (χ0v) is 92.9. The van der Waals surface area contributed by atoms with Gasteiger partial charge in [-0.1, -0.05) is 155 Å². The summed E-state index contributed by atoms with van der Waals surface area (Å²) in [5, 5.41) is 44.1. The standard InChI is InChI=1S/C13H21NO6.C13H19NO2.C13H15NO2.C12H20O4.C11H19NO3.C11H18O5.C10H17NO2.C10H16O4.2C8H14N2O/c1-4-10(3)12(16)19-8-9-20-13(17)14-6-7-18-11(15)5-2;1-3-8(2)13(15)16-12-6-9-4-10(12)5-11(9)7-14;1-3-10(2)13(15)16-9-12-6-4-11(8-14)5-7-12;1-5-7-10(13)15-8-9-16-11(14)12(3,4)6-2;1-5-9(13)12-7-8-15-10(14)11(3,4)6-2;1-5-9(12)15-7-8-16-10(13)11(3,6-2)14-4;1-6-10(3,4)9(12)13-7-8(2)11-5;1-4-8(3)10(12)14-7-6-13-9(11)5-2;2*1-3-7(2)8(11)10-6-4-5-9/h5,10H,2,4,6-9H2,1,3H3,(H,14,17);8-12H,3-6H2,1-2H3;4-7,10H,3,9H2,1-2H3;5,7H,6,8-9H2,1-4H3;5H,1,6-8H2,2-4H3,(H,12,13);5H,1,6-8H2,2-4H3;8H,6-7H2,1-4H3;5,8H,2,4,6-7H2,1,3H3;2*7H,3-4,6H2,1-2H3,(H,10,11)/b;;;7-5+;;;;;;. The Morgan fingerprint density at radius 1 is 0.419 bits per heavy atom. The minimum absolute atomic E-state index is 0.00545. The van der Waals surface area contributed by atoms with Crippen molar-refractivity contribution in [2.24, 2.45) is 69.5 Å². The minimum atomic E-state index is -0.942. The van der Waals surface area contributed by atoms with E-state index in [-0.39, 0.29) is 199 Å². The predicted molar refractivity (Wildman–Crippen MR) is 556 cm³/mol. The fourth-order valence-corrected chi connectivity index (χ4v) is 9.92. The lowest BCUT2D eigenvalue weighted by molar-refractivity contribution is -0.170. The molecular weight excluding hydrogens is 1920 g/mol. The average Bonchev–Trinajstić information content (AvgIpc) is 1.64. The number of nitrogens with one attached hydrogen (secondary N) is 4. The second kappa shape index (κ2) is 90.0. The Labute approximate surface area is 879 Å². The molecule has 0 heterocycles. The smallest absolute Gasteiger partial charge is 0.407 e. The maximum Gasteiger partial charge on any atom is 0.407 e. The molecule has 3 rings (SSSR count). The van der Waals surface area contributed by atoms with E-state index in [4.69, 9.17) is 79.7 Å². The van der Waals surface area contributed by atoms with Crippen LogP contribution in [0.1, 0.15) is 281 Å². The van der Waals surface area contributed by atoms with E-state index in [2.05, 4.69) is 72.7 Å². The molecule has 148 heavy (non-hydrogen) atoms. The van der Waals surface area contributed by atoms with Gasteiger partial charge in [-0.3, -0.25) is 47.9 Å². The predicted octanol–water partition coefficient (Wildman–Crippen LogP) is 16.3. The first-order valence-corrected chi connectivity index (χ1v) is 50.2. The number of esters is 12. The molecule has 12 atom stereocenters. The van der Waals surface area contributed by atoms with Crippen molar-refractivity contribution in [1.29, 1.82) is 21.0 Å². The maximum absolute atomic E-state index is 11.7. The lowest BCUT2D eigenvalue weighted by Crippen LogP contribution is -2.38. The number of hydrogen-bond donors (Lipinski definition) is 4. The van der Waals surface area contributed by atoms with E-state index in [0.717, 1.165) is 88.0 Å². The van der Waals surface area contributed by atoms with Gasteiger partial charge in [-0.25, -0.2) is 35.3 Å². The summed E-state index contributed by atoms with van der Waals surface area (Å²) in [6.07, 6.45) is 17.8. The van der Waals surface area contributed by atoms with Crippen molar-refractivity contribution in [1.82, 2.24) is 21.3 Å². The lowest BCUT2D eigenvalue weighted by atomic mass is 9.88. The van der Waals surface area contributed by atoms with Crippen LogP contribution < -0.4 is 21.3 Å². The third kappa shape index (κ3) is 75.4. The number of hydrogen-bond acceptors (Lipinski definition) is 34. The Morgan fingerprint density at radius 2 is 0.784 bits per heavy atom. The van der Waals surface area contributed by atoms with Crippen molar-refractivity contribution in [3.63, 3.8) is 0 Å². The molecule has 834 valence electrons. The molecule has 39 heteroatoms. The van der Waals surface area contributed by atoms with Crippen LogP contribution in [-0.4, -0.2) is 219 Å². The van der Waals surface area contributed by atoms with Crippen molar-refractivity contribution in [2.75, 3.05) is 106 Å². The zero-order valence-electron chi connectivity index (χ0n) is 92.9. The molecule has 2 bridgehead atoms. The number of fused-ring (bicyclic) bond motifs is 2. The Kier molecular flexibility index (Phi) is 89.8. The van der Waals surface area contributed by atoms with Crippen LogP contribution >= 0.6 is 0 Å². The number of carbonyl (C=O) groups excluding carboxylic acids is 16. The largest absolute Gasteiger partial charge is 0.463 e. The molecule has 2 saturated carbocycles. The van der Waals surface area contributed by atoms with E-state index in [1.807, 2.05) is 157 Å². The van der Waals surface area contributed by atoms with Crippen molar-refractivity contribution >= 4 is 95.4 Å². The zero-order chi connectivity index (χ0) is 115. The van der Waals surface area contributed by atoms with Crippen molar-refractivity contribution in [3.8, 4) is 24.3 Å². The van der Waals surface area contributed by atoms with Crippen LogP contribution in [0.5, 0.6) is 0 Å². The number of nitrogens with zero attached hydrogens (tertiary/aromatic N) is 5. The van der Waals surface area contributed by atoms with Gasteiger partial charge in [0.2, 0.25) is 17.7 Å². The van der Waals surface area contributed by atoms with Gasteiger partial charge in [-0.05, 0) is 174 Å². The number of nitriles is 4. The second-order valence-corrected chi connectivity index (χ2v) is 35.8. The van der Waals surface area contributed by atoms with Crippen LogP contribution in [0, 0.1) is 121 Å². The molecule has 2 aliphatic rings. The summed E-state index contributed by atoms with van der Waals surface area (Å²) < 4.78 is 68.8. The minimum Gasteiger partial charge on any atom is -0.463 e. The summed E-state index contributed by atoms with van der Waals surface area (Å²) in [6.45, 7) is 68.6. The summed E-state index contributed by atoms with van der Waals surface area (Å²) in [5.74, 6) is -3.26. The van der Waals surface area contributed by atoms with Crippen LogP contribution in [-0.2, 0) is 145 Å². The normalized spacial score (nSPS) is 14.7. The van der Waals surface area contributed by atoms with Crippen LogP contribution in [0.15, 0.2) is 87.0 Å². The first-order chi connectivity index (χ1) is 69.7. The van der Waals surface area contributed by atoms with Crippen LogP contribution in [0.25, 0.3) is 4.85 Å². The number of carbonyl (C=O) groups is 16. The molecule has 0 spiro atoms. The first-order valence-electron chi connectivity index (χ1n) is 50.2. The Hall–Kier alpha value is -13.4. The van der Waals surface area contributed by atoms with Gasteiger partial charge >= 0.3 is 77.7 Å². The van der Waals surface area contributed by atoms with E-state index >= 15 is 0 Å². The number of ether oxygens (including phenoxy) is 14. The molecule has 2 fully saturated rings. The fraction of sp³-hybridized carbons (Fsp3) is 0.661. The molecule has 0 aromatic heterocycles. The average molecular weight is 2090 g/mol. The number of allylic oxidation sites excluding steroid dienone is 1. The third-order valence-electron chi connectivity index (χ3n) is 23.0. The monoisotopic (exact) mass is 2090 g/mol. The van der Waals surface area contributed by atoms with Crippen LogP contribution in [0.4, 0.5) is 4.79 Å². The van der Waals surface area contributed by atoms with Gasteiger partial charge in [-0.15, -0.1) is 0 Å². The van der Waals surface area contributed by atoms with E-state index in [0.29, 0.717) is 69.1 Å². The Morgan fingerprint density at radius 3 is 1.14 bits per heavy atom. The van der Waals surface area contributed by atoms with Crippen molar-refractivity contribution < 1.29 is 143 Å². The molecule has 12 unspecified atom stereocenters. The highest BCUT2D eigenvalue weighted by Gasteiger charge is 2.48. The Bertz CT molecular complexity index is 4320. The van der Waals surface area contributed by atoms with Gasteiger partial charge in [0.15, 0.2) is 12.2 Å². The third-order valence-corrected chi connectivity index (χ3v) is 23.0.